The summed E-state index contributed by atoms with van der Waals surface area (Å²) in [5.74, 6) is -0.152. The molecule has 3 rings (SSSR count). The van der Waals surface area contributed by atoms with Crippen LogP contribution in [-0.2, 0) is 11.3 Å². The lowest BCUT2D eigenvalue weighted by molar-refractivity contribution is -0.134. The van der Waals surface area contributed by atoms with Gasteiger partial charge in [-0.3, -0.25) is 9.59 Å². The molecule has 1 aliphatic rings. The number of hydrogen-bond donors (Lipinski definition) is 0. The average Bonchev–Trinajstić information content (AvgIpc) is 3.00. The summed E-state index contributed by atoms with van der Waals surface area (Å²) in [6.07, 6.45) is 1.89. The van der Waals surface area contributed by atoms with Crippen LogP contribution in [-0.4, -0.2) is 45.7 Å². The second kappa shape index (κ2) is 8.17. The van der Waals surface area contributed by atoms with E-state index in [4.69, 9.17) is 0 Å². The molecule has 1 aromatic carbocycles. The third-order valence-corrected chi connectivity index (χ3v) is 5.78. The Bertz CT molecular complexity index is 819. The van der Waals surface area contributed by atoms with E-state index in [9.17, 15) is 14.0 Å². The molecule has 0 radical (unpaired) electrons. The Morgan fingerprint density at radius 2 is 2.04 bits per heavy atom. The molecule has 0 bridgehead atoms. The van der Waals surface area contributed by atoms with Crippen LogP contribution >= 0.6 is 11.3 Å². The molecule has 1 aromatic heterocycles. The highest BCUT2D eigenvalue weighted by atomic mass is 32.1. The molecular weight excluding hydrogens is 365 g/mol. The maximum atomic E-state index is 13.2. The van der Waals surface area contributed by atoms with Gasteiger partial charge in [0.05, 0.1) is 17.2 Å². The molecule has 2 amide bonds. The van der Waals surface area contributed by atoms with E-state index in [-0.39, 0.29) is 36.0 Å². The van der Waals surface area contributed by atoms with E-state index >= 15 is 0 Å². The third-order valence-electron chi connectivity index (χ3n) is 4.88. The molecule has 0 aliphatic carbocycles. The van der Waals surface area contributed by atoms with E-state index in [2.05, 4.69) is 18.8 Å². The van der Waals surface area contributed by atoms with Gasteiger partial charge in [0.25, 0.3) is 5.91 Å². The van der Waals surface area contributed by atoms with Gasteiger partial charge in [-0.15, -0.1) is 11.3 Å². The molecule has 0 spiro atoms. The van der Waals surface area contributed by atoms with E-state index in [0.717, 1.165) is 10.6 Å². The largest absolute Gasteiger partial charge is 0.335 e. The van der Waals surface area contributed by atoms with Crippen molar-refractivity contribution in [2.24, 2.45) is 5.92 Å². The number of carbonyl (C=O) groups is 2. The number of aryl methyl sites for hydroxylation is 1. The predicted molar refractivity (Wildman–Crippen MR) is 103 cm³/mol. The molecule has 1 unspecified atom stereocenters. The van der Waals surface area contributed by atoms with Crippen molar-refractivity contribution in [3.63, 3.8) is 0 Å². The molecule has 27 heavy (non-hydrogen) atoms. The van der Waals surface area contributed by atoms with Crippen LogP contribution in [0.1, 0.15) is 40.5 Å². The summed E-state index contributed by atoms with van der Waals surface area (Å²) < 4.78 is 13.2. The van der Waals surface area contributed by atoms with Gasteiger partial charge >= 0.3 is 0 Å². The Labute approximate surface area is 162 Å². The van der Waals surface area contributed by atoms with Crippen molar-refractivity contribution < 1.29 is 14.0 Å². The number of rotatable bonds is 4. The SMILES string of the molecule is Cc1ncc(C(=O)N2CCC(=O)N(Cc3ccc(F)cc3)C(C(C)C)C2)s1. The van der Waals surface area contributed by atoms with Crippen molar-refractivity contribution in [3.05, 3.63) is 51.7 Å². The van der Waals surface area contributed by atoms with Gasteiger partial charge in [-0.05, 0) is 30.5 Å². The fourth-order valence-corrected chi connectivity index (χ4v) is 4.08. The quantitative estimate of drug-likeness (QED) is 0.804. The topological polar surface area (TPSA) is 53.5 Å². The van der Waals surface area contributed by atoms with Crippen LogP contribution in [0.4, 0.5) is 4.39 Å². The highest BCUT2D eigenvalue weighted by molar-refractivity contribution is 7.13. The number of hydrogen-bond acceptors (Lipinski definition) is 4. The Balaban J connectivity index is 1.81. The summed E-state index contributed by atoms with van der Waals surface area (Å²) in [6, 6.07) is 6.12. The van der Waals surface area contributed by atoms with Crippen molar-refractivity contribution in [2.45, 2.75) is 39.8 Å². The van der Waals surface area contributed by atoms with Gasteiger partial charge in [-0.2, -0.15) is 0 Å². The fraction of sp³-hybridized carbons (Fsp3) is 0.450. The van der Waals surface area contributed by atoms with Crippen LogP contribution in [0.25, 0.3) is 0 Å². The van der Waals surface area contributed by atoms with Crippen molar-refractivity contribution in [2.75, 3.05) is 13.1 Å². The summed E-state index contributed by atoms with van der Waals surface area (Å²) >= 11 is 1.38. The summed E-state index contributed by atoms with van der Waals surface area (Å²) in [5, 5.41) is 0.850. The number of nitrogens with zero attached hydrogens (tertiary/aromatic N) is 3. The van der Waals surface area contributed by atoms with Crippen LogP contribution < -0.4 is 0 Å². The smallest absolute Gasteiger partial charge is 0.265 e. The van der Waals surface area contributed by atoms with Crippen LogP contribution in [0.5, 0.6) is 0 Å². The molecule has 2 heterocycles. The highest BCUT2D eigenvalue weighted by Crippen LogP contribution is 2.23. The lowest BCUT2D eigenvalue weighted by Crippen LogP contribution is -2.47. The van der Waals surface area contributed by atoms with Crippen LogP contribution in [0.15, 0.2) is 30.5 Å². The summed E-state index contributed by atoms with van der Waals surface area (Å²) in [7, 11) is 0. The maximum absolute atomic E-state index is 13.2. The molecule has 1 fully saturated rings. The molecular formula is C20H24FN3O2S. The van der Waals surface area contributed by atoms with Gasteiger partial charge in [0.2, 0.25) is 5.91 Å². The number of halogens is 1. The molecule has 1 aliphatic heterocycles. The Hall–Kier alpha value is -2.28. The Kier molecular flexibility index (Phi) is 5.89. The van der Waals surface area contributed by atoms with Crippen molar-refractivity contribution in [3.8, 4) is 0 Å². The van der Waals surface area contributed by atoms with Gasteiger partial charge < -0.3 is 9.80 Å². The van der Waals surface area contributed by atoms with Gasteiger partial charge in [-0.25, -0.2) is 9.37 Å². The van der Waals surface area contributed by atoms with Crippen molar-refractivity contribution in [1.29, 1.82) is 0 Å². The zero-order valence-electron chi connectivity index (χ0n) is 15.8. The number of thiazole rings is 1. The van der Waals surface area contributed by atoms with Crippen LogP contribution in [0.3, 0.4) is 0 Å². The monoisotopic (exact) mass is 389 g/mol. The van der Waals surface area contributed by atoms with Crippen molar-refractivity contribution in [1.82, 2.24) is 14.8 Å². The molecule has 7 heteroatoms. The first-order valence-electron chi connectivity index (χ1n) is 9.10. The first-order valence-corrected chi connectivity index (χ1v) is 9.92. The summed E-state index contributed by atoms with van der Waals surface area (Å²) in [4.78, 5) is 34.1. The second-order valence-electron chi connectivity index (χ2n) is 7.20. The minimum atomic E-state index is -0.294. The van der Waals surface area contributed by atoms with E-state index in [1.807, 2.05) is 11.8 Å². The van der Waals surface area contributed by atoms with Crippen LogP contribution in [0.2, 0.25) is 0 Å². The van der Waals surface area contributed by atoms with Gasteiger partial charge in [0.1, 0.15) is 10.7 Å². The normalized spacial score (nSPS) is 18.1. The number of aromatic nitrogens is 1. The lowest BCUT2D eigenvalue weighted by Gasteiger charge is -2.34. The maximum Gasteiger partial charge on any atom is 0.265 e. The second-order valence-corrected chi connectivity index (χ2v) is 8.44. The Morgan fingerprint density at radius 1 is 1.33 bits per heavy atom. The summed E-state index contributed by atoms with van der Waals surface area (Å²) in [5.41, 5.74) is 0.883. The summed E-state index contributed by atoms with van der Waals surface area (Å²) in [6.45, 7) is 7.29. The molecule has 1 atom stereocenters. The van der Waals surface area contributed by atoms with Crippen molar-refractivity contribution >= 4 is 23.2 Å². The minimum absolute atomic E-state index is 0.0220. The van der Waals surface area contributed by atoms with Gasteiger partial charge in [0.15, 0.2) is 0 Å². The van der Waals surface area contributed by atoms with E-state index in [0.29, 0.717) is 24.5 Å². The molecule has 144 valence electrons. The molecule has 2 aromatic rings. The zero-order chi connectivity index (χ0) is 19.6. The molecule has 5 nitrogen and oxygen atoms in total. The van der Waals surface area contributed by atoms with Crippen LogP contribution in [0, 0.1) is 18.7 Å². The molecule has 1 saturated heterocycles. The molecule has 0 N–H and O–H groups in total. The average molecular weight is 389 g/mol. The number of amides is 2. The van der Waals surface area contributed by atoms with E-state index in [1.54, 1.807) is 23.2 Å². The highest BCUT2D eigenvalue weighted by Gasteiger charge is 2.34. The van der Waals surface area contributed by atoms with E-state index in [1.165, 1.54) is 23.5 Å². The third kappa shape index (κ3) is 4.53. The van der Waals surface area contributed by atoms with Gasteiger partial charge in [-0.1, -0.05) is 26.0 Å². The molecule has 0 saturated carbocycles. The first-order chi connectivity index (χ1) is 12.8. The lowest BCUT2D eigenvalue weighted by atomic mass is 10.0. The first kappa shape index (κ1) is 19.5. The fourth-order valence-electron chi connectivity index (χ4n) is 3.34. The minimum Gasteiger partial charge on any atom is -0.335 e. The standard InChI is InChI=1S/C20H24FN3O2S/c1-13(2)17-12-23(20(26)18-10-22-14(3)27-18)9-8-19(25)24(17)11-15-4-6-16(21)7-5-15/h4-7,10,13,17H,8-9,11-12H2,1-3H3. The predicted octanol–water partition coefficient (Wildman–Crippen LogP) is 3.49. The number of carbonyl (C=O) groups excluding carboxylic acids is 2. The van der Waals surface area contributed by atoms with Gasteiger partial charge in [0, 0.05) is 26.1 Å². The van der Waals surface area contributed by atoms with E-state index < -0.39 is 0 Å². The zero-order valence-corrected chi connectivity index (χ0v) is 16.6. The Morgan fingerprint density at radius 3 is 2.63 bits per heavy atom. The number of benzene rings is 1.